The van der Waals surface area contributed by atoms with Crippen LogP contribution in [0.2, 0.25) is 5.02 Å². The molecule has 0 radical (unpaired) electrons. The number of ether oxygens (including phenoxy) is 2. The van der Waals surface area contributed by atoms with Crippen molar-refractivity contribution in [2.45, 2.75) is 12.8 Å². The molecule has 0 aliphatic carbocycles. The number of para-hydroxylation sites is 1. The second-order valence-corrected chi connectivity index (χ2v) is 5.69. The Morgan fingerprint density at radius 3 is 2.79 bits per heavy atom. The lowest BCUT2D eigenvalue weighted by Gasteiger charge is -2.07. The Morgan fingerprint density at radius 1 is 1.17 bits per heavy atom. The maximum atomic E-state index is 10.9. The van der Waals surface area contributed by atoms with Crippen molar-refractivity contribution in [1.29, 1.82) is 0 Å². The fourth-order valence-corrected chi connectivity index (χ4v) is 2.77. The molecule has 0 aliphatic heterocycles. The molecule has 0 atom stereocenters. The highest BCUT2D eigenvalue weighted by Gasteiger charge is 2.14. The van der Waals surface area contributed by atoms with E-state index < -0.39 is 6.16 Å². The number of halogens is 1. The van der Waals surface area contributed by atoms with Gasteiger partial charge >= 0.3 is 6.16 Å². The molecule has 1 heterocycles. The summed E-state index contributed by atoms with van der Waals surface area (Å²) >= 11 is 5.92. The van der Waals surface area contributed by atoms with Crippen LogP contribution in [-0.2, 0) is 6.42 Å². The second-order valence-electron chi connectivity index (χ2n) is 5.26. The molecule has 2 N–H and O–H groups in total. The van der Waals surface area contributed by atoms with Crippen LogP contribution >= 0.6 is 11.6 Å². The monoisotopic (exact) mass is 345 g/mol. The molecule has 3 rings (SSSR count). The zero-order valence-corrected chi connectivity index (χ0v) is 13.5. The van der Waals surface area contributed by atoms with Crippen LogP contribution < -0.4 is 9.47 Å². The standard InChI is InChI=1S/C18H16ClNO4/c19-12-5-3-6-13(11-12)23-10-4-8-15-14-7-1-2-9-16(14)20-17(15)24-18(21)22/h1-3,5-7,9,11,20H,4,8,10H2,(H,21,22). The molecule has 124 valence electrons. The molecule has 0 unspecified atom stereocenters. The molecule has 0 fully saturated rings. The summed E-state index contributed by atoms with van der Waals surface area (Å²) in [5, 5.41) is 10.5. The van der Waals surface area contributed by atoms with Crippen molar-refractivity contribution in [2.75, 3.05) is 6.61 Å². The van der Waals surface area contributed by atoms with Gasteiger partial charge in [-0.3, -0.25) is 0 Å². The highest BCUT2D eigenvalue weighted by molar-refractivity contribution is 6.30. The van der Waals surface area contributed by atoms with Crippen molar-refractivity contribution in [3.05, 3.63) is 59.1 Å². The number of rotatable bonds is 6. The molecular formula is C18H16ClNO4. The van der Waals surface area contributed by atoms with E-state index in [-0.39, 0.29) is 5.88 Å². The second kappa shape index (κ2) is 7.27. The zero-order valence-electron chi connectivity index (χ0n) is 12.8. The summed E-state index contributed by atoms with van der Waals surface area (Å²) < 4.78 is 10.5. The van der Waals surface area contributed by atoms with E-state index in [1.807, 2.05) is 36.4 Å². The minimum absolute atomic E-state index is 0.270. The van der Waals surface area contributed by atoms with Crippen LogP contribution in [0.3, 0.4) is 0 Å². The van der Waals surface area contributed by atoms with Crippen LogP contribution in [0, 0.1) is 0 Å². The number of hydrogen-bond acceptors (Lipinski definition) is 3. The van der Waals surface area contributed by atoms with E-state index in [1.165, 1.54) is 0 Å². The molecule has 0 amide bonds. The predicted molar refractivity (Wildman–Crippen MR) is 92.2 cm³/mol. The van der Waals surface area contributed by atoms with E-state index in [0.717, 1.165) is 16.5 Å². The Kier molecular flexibility index (Phi) is 4.91. The van der Waals surface area contributed by atoms with Gasteiger partial charge in [0, 0.05) is 21.5 Å². The van der Waals surface area contributed by atoms with Gasteiger partial charge in [-0.2, -0.15) is 0 Å². The number of carboxylic acid groups (broad SMARTS) is 1. The van der Waals surface area contributed by atoms with Gasteiger partial charge in [0.1, 0.15) is 5.75 Å². The van der Waals surface area contributed by atoms with E-state index in [0.29, 0.717) is 30.2 Å². The Labute approximate surface area is 143 Å². The molecule has 3 aromatic rings. The smallest absolute Gasteiger partial charge is 0.494 e. The SMILES string of the molecule is O=C(O)Oc1[nH]c2ccccc2c1CCCOc1cccc(Cl)c1. The van der Waals surface area contributed by atoms with E-state index in [9.17, 15) is 4.79 Å². The molecule has 0 saturated carbocycles. The van der Waals surface area contributed by atoms with Gasteiger partial charge in [-0.1, -0.05) is 35.9 Å². The van der Waals surface area contributed by atoms with Crippen molar-refractivity contribution >= 4 is 28.7 Å². The van der Waals surface area contributed by atoms with E-state index in [2.05, 4.69) is 4.98 Å². The van der Waals surface area contributed by atoms with E-state index in [1.54, 1.807) is 12.1 Å². The van der Waals surface area contributed by atoms with Crippen LogP contribution in [0.1, 0.15) is 12.0 Å². The summed E-state index contributed by atoms with van der Waals surface area (Å²) in [5.41, 5.74) is 1.68. The van der Waals surface area contributed by atoms with Gasteiger partial charge in [0.15, 0.2) is 0 Å². The van der Waals surface area contributed by atoms with Crippen LogP contribution in [-0.4, -0.2) is 22.9 Å². The van der Waals surface area contributed by atoms with Crippen molar-refractivity contribution in [1.82, 2.24) is 4.98 Å². The van der Waals surface area contributed by atoms with Crippen LogP contribution in [0.25, 0.3) is 10.9 Å². The highest BCUT2D eigenvalue weighted by Crippen LogP contribution is 2.29. The molecule has 6 heteroatoms. The Hall–Kier alpha value is -2.66. The normalized spacial score (nSPS) is 10.7. The van der Waals surface area contributed by atoms with Crippen molar-refractivity contribution in [3.8, 4) is 11.6 Å². The lowest BCUT2D eigenvalue weighted by atomic mass is 10.1. The maximum Gasteiger partial charge on any atom is 0.512 e. The highest BCUT2D eigenvalue weighted by atomic mass is 35.5. The predicted octanol–water partition coefficient (Wildman–Crippen LogP) is 4.89. The molecule has 1 aromatic heterocycles. The first kappa shape index (κ1) is 16.2. The molecule has 0 saturated heterocycles. The number of nitrogens with one attached hydrogen (secondary N) is 1. The minimum Gasteiger partial charge on any atom is -0.494 e. The number of hydrogen-bond donors (Lipinski definition) is 2. The van der Waals surface area contributed by atoms with Gasteiger partial charge in [-0.25, -0.2) is 4.79 Å². The molecule has 0 bridgehead atoms. The third kappa shape index (κ3) is 3.81. The third-order valence-electron chi connectivity index (χ3n) is 3.60. The van der Waals surface area contributed by atoms with Gasteiger partial charge in [0.2, 0.25) is 5.88 Å². The number of aryl methyl sites for hydroxylation is 1. The number of fused-ring (bicyclic) bond motifs is 1. The first-order valence-corrected chi connectivity index (χ1v) is 7.90. The van der Waals surface area contributed by atoms with Crippen LogP contribution in [0.4, 0.5) is 4.79 Å². The minimum atomic E-state index is -1.34. The first-order valence-electron chi connectivity index (χ1n) is 7.52. The van der Waals surface area contributed by atoms with Gasteiger partial charge in [0.05, 0.1) is 6.61 Å². The number of H-pyrrole nitrogens is 1. The van der Waals surface area contributed by atoms with Crippen molar-refractivity contribution in [2.24, 2.45) is 0 Å². The zero-order chi connectivity index (χ0) is 16.9. The third-order valence-corrected chi connectivity index (χ3v) is 3.83. The van der Waals surface area contributed by atoms with Crippen molar-refractivity contribution in [3.63, 3.8) is 0 Å². The fourth-order valence-electron chi connectivity index (χ4n) is 2.59. The number of carbonyl (C=O) groups is 1. The van der Waals surface area contributed by atoms with E-state index >= 15 is 0 Å². The lowest BCUT2D eigenvalue weighted by molar-refractivity contribution is 0.142. The maximum absolute atomic E-state index is 10.9. The summed E-state index contributed by atoms with van der Waals surface area (Å²) in [6.07, 6.45) is 0.00957. The summed E-state index contributed by atoms with van der Waals surface area (Å²) in [7, 11) is 0. The van der Waals surface area contributed by atoms with Crippen LogP contribution in [0.15, 0.2) is 48.5 Å². The summed E-state index contributed by atoms with van der Waals surface area (Å²) in [5.74, 6) is 0.981. The number of benzene rings is 2. The fraction of sp³-hybridized carbons (Fsp3) is 0.167. The average molecular weight is 346 g/mol. The summed E-state index contributed by atoms with van der Waals surface area (Å²) in [6, 6.07) is 14.8. The van der Waals surface area contributed by atoms with Crippen molar-refractivity contribution < 1.29 is 19.4 Å². The van der Waals surface area contributed by atoms with Gasteiger partial charge in [-0.15, -0.1) is 0 Å². The molecule has 24 heavy (non-hydrogen) atoms. The van der Waals surface area contributed by atoms with Gasteiger partial charge in [0.25, 0.3) is 0 Å². The number of aromatic nitrogens is 1. The molecule has 0 aliphatic rings. The van der Waals surface area contributed by atoms with Crippen LogP contribution in [0.5, 0.6) is 11.6 Å². The molecular weight excluding hydrogens is 330 g/mol. The average Bonchev–Trinajstić information content (AvgIpc) is 2.88. The Morgan fingerprint density at radius 2 is 2.00 bits per heavy atom. The Balaban J connectivity index is 1.68. The summed E-state index contributed by atoms with van der Waals surface area (Å²) in [4.78, 5) is 13.9. The van der Waals surface area contributed by atoms with Gasteiger partial charge < -0.3 is 19.6 Å². The topological polar surface area (TPSA) is 71.5 Å². The summed E-state index contributed by atoms with van der Waals surface area (Å²) in [6.45, 7) is 0.492. The molecule has 5 nitrogen and oxygen atoms in total. The number of aromatic amines is 1. The Bertz CT molecular complexity index is 859. The lowest BCUT2D eigenvalue weighted by Crippen LogP contribution is -2.06. The first-order chi connectivity index (χ1) is 11.6. The van der Waals surface area contributed by atoms with E-state index in [4.69, 9.17) is 26.2 Å². The molecule has 2 aromatic carbocycles. The molecule has 0 spiro atoms. The van der Waals surface area contributed by atoms with Gasteiger partial charge in [-0.05, 0) is 37.1 Å². The largest absolute Gasteiger partial charge is 0.512 e. The quantitative estimate of drug-likeness (QED) is 0.493.